The van der Waals surface area contributed by atoms with Gasteiger partial charge in [0.1, 0.15) is 0 Å². The Kier molecular flexibility index (Phi) is 6.70. The van der Waals surface area contributed by atoms with Crippen LogP contribution in [0.2, 0.25) is 5.02 Å². The van der Waals surface area contributed by atoms with Gasteiger partial charge in [-0.1, -0.05) is 23.7 Å². The van der Waals surface area contributed by atoms with Gasteiger partial charge < -0.3 is 10.2 Å². The molecule has 1 fully saturated rings. The number of nitrogens with zero attached hydrogens (tertiary/aromatic N) is 2. The lowest BCUT2D eigenvalue weighted by Gasteiger charge is -2.36. The third-order valence-electron chi connectivity index (χ3n) is 5.13. The van der Waals surface area contributed by atoms with Gasteiger partial charge in [-0.3, -0.25) is 14.5 Å². The molecule has 2 aromatic rings. The number of carbonyl (C=O) groups is 2. The first-order chi connectivity index (χ1) is 13.4. The molecule has 0 radical (unpaired) electrons. The van der Waals surface area contributed by atoms with Gasteiger partial charge in [-0.25, -0.2) is 0 Å². The lowest BCUT2D eigenvalue weighted by molar-refractivity contribution is -0.123. The maximum Gasteiger partial charge on any atom is 0.234 e. The number of benzene rings is 2. The van der Waals surface area contributed by atoms with E-state index in [9.17, 15) is 9.59 Å². The minimum atomic E-state index is -0.0501. The molecule has 0 spiro atoms. The molecule has 28 heavy (non-hydrogen) atoms. The number of hydrogen-bond donors (Lipinski definition) is 1. The van der Waals surface area contributed by atoms with Crippen LogP contribution in [0, 0.1) is 0 Å². The van der Waals surface area contributed by atoms with Crippen molar-refractivity contribution in [3.8, 4) is 0 Å². The number of carbonyl (C=O) groups excluding carboxylic acids is 2. The summed E-state index contributed by atoms with van der Waals surface area (Å²) in [4.78, 5) is 28.2. The van der Waals surface area contributed by atoms with Crippen LogP contribution < -0.4 is 10.2 Å². The molecule has 148 valence electrons. The number of nitrogens with one attached hydrogen (secondary N) is 1. The van der Waals surface area contributed by atoms with Crippen LogP contribution in [0.3, 0.4) is 0 Å². The molecule has 1 aliphatic rings. The molecule has 3 rings (SSSR count). The molecule has 2 aromatic carbocycles. The van der Waals surface area contributed by atoms with Gasteiger partial charge in [-0.2, -0.15) is 0 Å². The van der Waals surface area contributed by atoms with Crippen molar-refractivity contribution in [1.82, 2.24) is 10.2 Å². The number of amides is 1. The van der Waals surface area contributed by atoms with Crippen LogP contribution in [0.15, 0.2) is 48.5 Å². The Hall–Kier alpha value is -2.37. The Balaban J connectivity index is 1.46. The predicted octanol–water partition coefficient (Wildman–Crippen LogP) is 3.54. The second kappa shape index (κ2) is 9.22. The van der Waals surface area contributed by atoms with Crippen LogP contribution in [-0.4, -0.2) is 49.3 Å². The standard InChI is InChI=1S/C22H26ClN3O2/c1-16(18-3-7-20(23)8-4-18)24-22(28)15-25-11-13-26(14-12-25)21-9-5-19(6-10-21)17(2)27/h3-10,16H,11-15H2,1-2H3,(H,24,28)/t16-/m1/s1. The molecule has 1 heterocycles. The lowest BCUT2D eigenvalue weighted by Crippen LogP contribution is -2.49. The van der Waals surface area contributed by atoms with Gasteiger partial charge in [-0.05, 0) is 55.8 Å². The fourth-order valence-corrected chi connectivity index (χ4v) is 3.52. The second-order valence-corrected chi connectivity index (χ2v) is 7.64. The number of rotatable bonds is 6. The Bertz CT molecular complexity index is 813. The number of anilines is 1. The van der Waals surface area contributed by atoms with E-state index < -0.39 is 0 Å². The van der Waals surface area contributed by atoms with E-state index in [0.29, 0.717) is 11.6 Å². The minimum Gasteiger partial charge on any atom is -0.369 e. The highest BCUT2D eigenvalue weighted by atomic mass is 35.5. The van der Waals surface area contributed by atoms with Crippen molar-refractivity contribution in [1.29, 1.82) is 0 Å². The van der Waals surface area contributed by atoms with Crippen LogP contribution in [0.5, 0.6) is 0 Å². The van der Waals surface area contributed by atoms with Crippen LogP contribution in [0.1, 0.15) is 35.8 Å². The summed E-state index contributed by atoms with van der Waals surface area (Å²) in [5.74, 6) is 0.108. The van der Waals surface area contributed by atoms with Crippen LogP contribution in [-0.2, 0) is 4.79 Å². The van der Waals surface area contributed by atoms with Gasteiger partial charge >= 0.3 is 0 Å². The van der Waals surface area contributed by atoms with Crippen molar-refractivity contribution < 1.29 is 9.59 Å². The topological polar surface area (TPSA) is 52.7 Å². The quantitative estimate of drug-likeness (QED) is 0.755. The molecular weight excluding hydrogens is 374 g/mol. The molecule has 1 atom stereocenters. The third kappa shape index (κ3) is 5.33. The molecule has 0 aliphatic carbocycles. The van der Waals surface area contributed by atoms with Gasteiger partial charge in [0.15, 0.2) is 5.78 Å². The van der Waals surface area contributed by atoms with E-state index in [1.54, 1.807) is 6.92 Å². The maximum atomic E-state index is 12.4. The molecule has 0 saturated carbocycles. The predicted molar refractivity (Wildman–Crippen MR) is 113 cm³/mol. The minimum absolute atomic E-state index is 0.0294. The smallest absolute Gasteiger partial charge is 0.234 e. The molecule has 0 aromatic heterocycles. The van der Waals surface area contributed by atoms with E-state index in [-0.39, 0.29) is 17.7 Å². The third-order valence-corrected chi connectivity index (χ3v) is 5.38. The van der Waals surface area contributed by atoms with Gasteiger partial charge in [-0.15, -0.1) is 0 Å². The first kappa shape index (κ1) is 20.4. The SMILES string of the molecule is CC(=O)c1ccc(N2CCN(CC(=O)N[C@H](C)c3ccc(Cl)cc3)CC2)cc1. The first-order valence-corrected chi connectivity index (χ1v) is 9.93. The monoisotopic (exact) mass is 399 g/mol. The zero-order valence-electron chi connectivity index (χ0n) is 16.3. The average molecular weight is 400 g/mol. The summed E-state index contributed by atoms with van der Waals surface area (Å²) < 4.78 is 0. The van der Waals surface area contributed by atoms with Crippen LogP contribution >= 0.6 is 11.6 Å². The number of Topliss-reactive ketones (excluding diaryl/α,β-unsaturated/α-hetero) is 1. The highest BCUT2D eigenvalue weighted by molar-refractivity contribution is 6.30. The van der Waals surface area contributed by atoms with Gasteiger partial charge in [0.2, 0.25) is 5.91 Å². The summed E-state index contributed by atoms with van der Waals surface area (Å²) in [6, 6.07) is 15.2. The largest absolute Gasteiger partial charge is 0.369 e. The van der Waals surface area contributed by atoms with Gasteiger partial charge in [0.25, 0.3) is 0 Å². The summed E-state index contributed by atoms with van der Waals surface area (Å²) in [6.45, 7) is 7.33. The van der Waals surface area contributed by atoms with Crippen molar-refractivity contribution in [2.75, 3.05) is 37.6 Å². The fraction of sp³-hybridized carbons (Fsp3) is 0.364. The van der Waals surface area contributed by atoms with Crippen molar-refractivity contribution >= 4 is 29.0 Å². The Morgan fingerprint density at radius 2 is 1.61 bits per heavy atom. The molecule has 5 nitrogen and oxygen atoms in total. The van der Waals surface area contributed by atoms with E-state index >= 15 is 0 Å². The summed E-state index contributed by atoms with van der Waals surface area (Å²) in [7, 11) is 0. The maximum absolute atomic E-state index is 12.4. The van der Waals surface area contributed by atoms with E-state index in [1.807, 2.05) is 55.5 Å². The molecule has 1 aliphatic heterocycles. The zero-order chi connectivity index (χ0) is 20.1. The summed E-state index contributed by atoms with van der Waals surface area (Å²) >= 11 is 5.92. The van der Waals surface area contributed by atoms with Gasteiger partial charge in [0, 0.05) is 42.5 Å². The summed E-state index contributed by atoms with van der Waals surface area (Å²) in [6.07, 6.45) is 0. The second-order valence-electron chi connectivity index (χ2n) is 7.21. The van der Waals surface area contributed by atoms with E-state index in [0.717, 1.165) is 43.0 Å². The molecule has 6 heteroatoms. The molecule has 1 saturated heterocycles. The van der Waals surface area contributed by atoms with Crippen molar-refractivity contribution in [2.45, 2.75) is 19.9 Å². The zero-order valence-corrected chi connectivity index (χ0v) is 17.1. The van der Waals surface area contributed by atoms with Crippen molar-refractivity contribution in [2.24, 2.45) is 0 Å². The average Bonchev–Trinajstić information content (AvgIpc) is 2.69. The molecule has 1 N–H and O–H groups in total. The number of halogens is 1. The molecule has 1 amide bonds. The lowest BCUT2D eigenvalue weighted by atomic mass is 10.1. The normalized spacial score (nSPS) is 15.9. The first-order valence-electron chi connectivity index (χ1n) is 9.55. The van der Waals surface area contributed by atoms with Crippen LogP contribution in [0.4, 0.5) is 5.69 Å². The van der Waals surface area contributed by atoms with Crippen molar-refractivity contribution in [3.63, 3.8) is 0 Å². The van der Waals surface area contributed by atoms with Gasteiger partial charge in [0.05, 0.1) is 12.6 Å². The summed E-state index contributed by atoms with van der Waals surface area (Å²) in [5, 5.41) is 3.74. The van der Waals surface area contributed by atoms with Crippen LogP contribution in [0.25, 0.3) is 0 Å². The molecule has 0 bridgehead atoms. The highest BCUT2D eigenvalue weighted by Crippen LogP contribution is 2.18. The Morgan fingerprint density at radius 3 is 2.18 bits per heavy atom. The van der Waals surface area contributed by atoms with E-state index in [2.05, 4.69) is 15.1 Å². The fourth-order valence-electron chi connectivity index (χ4n) is 3.40. The summed E-state index contributed by atoms with van der Waals surface area (Å²) in [5.41, 5.74) is 2.89. The highest BCUT2D eigenvalue weighted by Gasteiger charge is 2.20. The molecular formula is C22H26ClN3O2. The molecule has 0 unspecified atom stereocenters. The Labute approximate surface area is 171 Å². The van der Waals surface area contributed by atoms with E-state index in [1.165, 1.54) is 0 Å². The number of ketones is 1. The van der Waals surface area contributed by atoms with E-state index in [4.69, 9.17) is 11.6 Å². The number of hydrogen-bond acceptors (Lipinski definition) is 4. The Morgan fingerprint density at radius 1 is 1.00 bits per heavy atom. The van der Waals surface area contributed by atoms with Crippen molar-refractivity contribution in [3.05, 3.63) is 64.7 Å². The number of piperazine rings is 1.